The summed E-state index contributed by atoms with van der Waals surface area (Å²) < 4.78 is 0. The van der Waals surface area contributed by atoms with Crippen LogP contribution in [0.5, 0.6) is 0 Å². The predicted molar refractivity (Wildman–Crippen MR) is 83.2 cm³/mol. The minimum absolute atomic E-state index is 0.468. The molecule has 0 aromatic rings. The Morgan fingerprint density at radius 1 is 0.944 bits per heavy atom. The van der Waals surface area contributed by atoms with Gasteiger partial charge in [-0.15, -0.1) is 0 Å². The largest absolute Gasteiger partial charge is 0.316 e. The van der Waals surface area contributed by atoms with Gasteiger partial charge in [-0.3, -0.25) is 0 Å². The Hall–Kier alpha value is -0.0800. The molecule has 0 aliphatic rings. The van der Waals surface area contributed by atoms with Gasteiger partial charge < -0.3 is 10.2 Å². The highest BCUT2D eigenvalue weighted by Crippen LogP contribution is 2.26. The van der Waals surface area contributed by atoms with Crippen LogP contribution in [0.15, 0.2) is 0 Å². The summed E-state index contributed by atoms with van der Waals surface area (Å²) in [6.07, 6.45) is 7.81. The van der Waals surface area contributed by atoms with Crippen molar-refractivity contribution in [3.8, 4) is 0 Å². The molecular formula is C16H36N2. The first kappa shape index (κ1) is 17.9. The smallest absolute Gasteiger partial charge is 0.00469 e. The Kier molecular flexibility index (Phi) is 10.8. The molecular weight excluding hydrogens is 220 g/mol. The van der Waals surface area contributed by atoms with Crippen molar-refractivity contribution in [2.75, 3.05) is 33.2 Å². The molecule has 2 nitrogen and oxygen atoms in total. The second kappa shape index (κ2) is 10.8. The van der Waals surface area contributed by atoms with Gasteiger partial charge in [0.05, 0.1) is 0 Å². The van der Waals surface area contributed by atoms with Gasteiger partial charge in [0.25, 0.3) is 0 Å². The molecule has 0 saturated carbocycles. The zero-order valence-electron chi connectivity index (χ0n) is 13.5. The Morgan fingerprint density at radius 2 is 1.61 bits per heavy atom. The molecule has 18 heavy (non-hydrogen) atoms. The van der Waals surface area contributed by atoms with Gasteiger partial charge in [-0.25, -0.2) is 0 Å². The minimum Gasteiger partial charge on any atom is -0.316 e. The second-order valence-corrected chi connectivity index (χ2v) is 5.83. The molecule has 2 heteroatoms. The molecule has 0 amide bonds. The fraction of sp³-hybridized carbons (Fsp3) is 1.00. The third-order valence-electron chi connectivity index (χ3n) is 4.18. The van der Waals surface area contributed by atoms with E-state index in [9.17, 15) is 0 Å². The number of nitrogens with zero attached hydrogens (tertiary/aromatic N) is 1. The Balaban J connectivity index is 4.13. The van der Waals surface area contributed by atoms with Crippen molar-refractivity contribution in [2.45, 2.75) is 66.2 Å². The van der Waals surface area contributed by atoms with Crippen LogP contribution in [0.1, 0.15) is 66.2 Å². The fourth-order valence-corrected chi connectivity index (χ4v) is 2.59. The van der Waals surface area contributed by atoms with Crippen molar-refractivity contribution in [3.05, 3.63) is 0 Å². The van der Waals surface area contributed by atoms with Crippen molar-refractivity contribution >= 4 is 0 Å². The summed E-state index contributed by atoms with van der Waals surface area (Å²) in [5.41, 5.74) is 0.468. The zero-order valence-corrected chi connectivity index (χ0v) is 13.5. The van der Waals surface area contributed by atoms with Gasteiger partial charge in [0.2, 0.25) is 0 Å². The molecule has 0 atom stereocenters. The SMILES string of the molecule is CCCCCN(C)CC(CC)(CC)CNCCC. The van der Waals surface area contributed by atoms with Crippen LogP contribution in [0.25, 0.3) is 0 Å². The first-order chi connectivity index (χ1) is 8.64. The number of hydrogen-bond acceptors (Lipinski definition) is 2. The van der Waals surface area contributed by atoms with E-state index in [-0.39, 0.29) is 0 Å². The lowest BCUT2D eigenvalue weighted by molar-refractivity contribution is 0.154. The van der Waals surface area contributed by atoms with Crippen LogP contribution in [-0.2, 0) is 0 Å². The van der Waals surface area contributed by atoms with Crippen molar-refractivity contribution in [1.82, 2.24) is 10.2 Å². The Bertz CT molecular complexity index is 176. The van der Waals surface area contributed by atoms with E-state index in [1.54, 1.807) is 0 Å². The van der Waals surface area contributed by atoms with E-state index in [2.05, 4.69) is 45.0 Å². The van der Waals surface area contributed by atoms with E-state index in [1.165, 1.54) is 58.2 Å². The predicted octanol–water partition coefficient (Wildman–Crippen LogP) is 3.91. The monoisotopic (exact) mass is 256 g/mol. The summed E-state index contributed by atoms with van der Waals surface area (Å²) in [4.78, 5) is 2.54. The van der Waals surface area contributed by atoms with Gasteiger partial charge in [0, 0.05) is 13.1 Å². The number of nitrogens with one attached hydrogen (secondary N) is 1. The van der Waals surface area contributed by atoms with Gasteiger partial charge in [-0.2, -0.15) is 0 Å². The second-order valence-electron chi connectivity index (χ2n) is 5.83. The van der Waals surface area contributed by atoms with E-state index in [4.69, 9.17) is 0 Å². The molecule has 0 aliphatic carbocycles. The number of rotatable bonds is 12. The van der Waals surface area contributed by atoms with Gasteiger partial charge in [-0.1, -0.05) is 40.5 Å². The third kappa shape index (κ3) is 7.38. The van der Waals surface area contributed by atoms with Gasteiger partial charge in [0.1, 0.15) is 0 Å². The quantitative estimate of drug-likeness (QED) is 0.533. The molecule has 0 unspecified atom stereocenters. The van der Waals surface area contributed by atoms with Crippen LogP contribution >= 0.6 is 0 Å². The lowest BCUT2D eigenvalue weighted by atomic mass is 9.81. The summed E-state index contributed by atoms with van der Waals surface area (Å²) in [7, 11) is 2.29. The molecule has 0 saturated heterocycles. The topological polar surface area (TPSA) is 15.3 Å². The Morgan fingerprint density at radius 3 is 2.11 bits per heavy atom. The van der Waals surface area contributed by atoms with Crippen LogP contribution < -0.4 is 5.32 Å². The maximum Gasteiger partial charge on any atom is 0.00469 e. The summed E-state index contributed by atoms with van der Waals surface area (Å²) >= 11 is 0. The number of hydrogen-bond donors (Lipinski definition) is 1. The minimum atomic E-state index is 0.468. The summed E-state index contributed by atoms with van der Waals surface area (Å²) in [5, 5.41) is 3.62. The highest BCUT2D eigenvalue weighted by Gasteiger charge is 2.26. The lowest BCUT2D eigenvalue weighted by Crippen LogP contribution is -2.42. The van der Waals surface area contributed by atoms with Crippen LogP contribution in [0, 0.1) is 5.41 Å². The Labute approximate surface area is 116 Å². The average molecular weight is 256 g/mol. The summed E-state index contributed by atoms with van der Waals surface area (Å²) in [5.74, 6) is 0. The molecule has 0 spiro atoms. The van der Waals surface area contributed by atoms with E-state index in [1.807, 2.05) is 0 Å². The highest BCUT2D eigenvalue weighted by atomic mass is 15.1. The maximum atomic E-state index is 3.62. The fourth-order valence-electron chi connectivity index (χ4n) is 2.59. The molecule has 0 heterocycles. The first-order valence-corrected chi connectivity index (χ1v) is 8.03. The maximum absolute atomic E-state index is 3.62. The van der Waals surface area contributed by atoms with E-state index >= 15 is 0 Å². The molecule has 0 aromatic heterocycles. The number of unbranched alkanes of at least 4 members (excludes halogenated alkanes) is 2. The van der Waals surface area contributed by atoms with Crippen LogP contribution in [0.2, 0.25) is 0 Å². The summed E-state index contributed by atoms with van der Waals surface area (Å²) in [6.45, 7) is 14.0. The van der Waals surface area contributed by atoms with Crippen LogP contribution in [0.3, 0.4) is 0 Å². The molecule has 0 aromatic carbocycles. The average Bonchev–Trinajstić information content (AvgIpc) is 2.38. The van der Waals surface area contributed by atoms with E-state index < -0.39 is 0 Å². The third-order valence-corrected chi connectivity index (χ3v) is 4.18. The normalized spacial score (nSPS) is 12.3. The molecule has 0 rings (SSSR count). The van der Waals surface area contributed by atoms with Crippen LogP contribution in [0.4, 0.5) is 0 Å². The molecule has 1 N–H and O–H groups in total. The molecule has 0 radical (unpaired) electrons. The van der Waals surface area contributed by atoms with Crippen LogP contribution in [-0.4, -0.2) is 38.1 Å². The van der Waals surface area contributed by atoms with E-state index in [0.717, 1.165) is 6.54 Å². The van der Waals surface area contributed by atoms with Gasteiger partial charge in [-0.05, 0) is 51.2 Å². The first-order valence-electron chi connectivity index (χ1n) is 8.03. The van der Waals surface area contributed by atoms with Crippen molar-refractivity contribution in [1.29, 1.82) is 0 Å². The molecule has 0 aliphatic heterocycles. The zero-order chi connectivity index (χ0) is 13.9. The standard InChI is InChI=1S/C16H36N2/c1-6-10-11-13-18(5)15-16(8-3,9-4)14-17-12-7-2/h17H,6-15H2,1-5H3. The highest BCUT2D eigenvalue weighted by molar-refractivity contribution is 4.82. The van der Waals surface area contributed by atoms with Crippen molar-refractivity contribution in [2.24, 2.45) is 5.41 Å². The lowest BCUT2D eigenvalue weighted by Gasteiger charge is -2.36. The molecule has 0 bridgehead atoms. The summed E-state index contributed by atoms with van der Waals surface area (Å²) in [6, 6.07) is 0. The van der Waals surface area contributed by atoms with Crippen molar-refractivity contribution in [3.63, 3.8) is 0 Å². The van der Waals surface area contributed by atoms with Gasteiger partial charge >= 0.3 is 0 Å². The van der Waals surface area contributed by atoms with E-state index in [0.29, 0.717) is 5.41 Å². The van der Waals surface area contributed by atoms with Crippen molar-refractivity contribution < 1.29 is 0 Å². The molecule has 110 valence electrons. The van der Waals surface area contributed by atoms with Gasteiger partial charge in [0.15, 0.2) is 0 Å². The molecule has 0 fully saturated rings.